The summed E-state index contributed by atoms with van der Waals surface area (Å²) in [5.74, 6) is -1.34. The molecule has 1 aromatic rings. The van der Waals surface area contributed by atoms with Gasteiger partial charge in [-0.3, -0.25) is 29.4 Å². The van der Waals surface area contributed by atoms with Gasteiger partial charge in [0.25, 0.3) is 11.8 Å². The number of rotatable bonds is 4. The third kappa shape index (κ3) is 3.21. The van der Waals surface area contributed by atoms with Crippen molar-refractivity contribution in [3.63, 3.8) is 0 Å². The number of imide groups is 2. The van der Waals surface area contributed by atoms with Crippen molar-refractivity contribution in [1.29, 1.82) is 0 Å². The molecule has 3 heterocycles. The maximum atomic E-state index is 13.0. The smallest absolute Gasteiger partial charge is 0.266 e. The van der Waals surface area contributed by atoms with Gasteiger partial charge in [0.05, 0.1) is 17.7 Å². The number of hydrogen-bond donors (Lipinski definition) is 2. The predicted molar refractivity (Wildman–Crippen MR) is 94.2 cm³/mol. The maximum absolute atomic E-state index is 13.0. The Morgan fingerprint density at radius 3 is 2.70 bits per heavy atom. The number of hydrogen-bond acceptors (Lipinski definition) is 6. The number of carbonyl (C=O) groups is 4. The van der Waals surface area contributed by atoms with Gasteiger partial charge >= 0.3 is 0 Å². The van der Waals surface area contributed by atoms with E-state index in [1.165, 1.54) is 0 Å². The molecule has 0 radical (unpaired) electrons. The molecule has 142 valence electrons. The Bertz CT molecular complexity index is 816. The van der Waals surface area contributed by atoms with Crippen molar-refractivity contribution in [2.24, 2.45) is 5.92 Å². The Morgan fingerprint density at radius 2 is 1.96 bits per heavy atom. The van der Waals surface area contributed by atoms with Crippen LogP contribution >= 0.6 is 0 Å². The fraction of sp³-hybridized carbons (Fsp3) is 0.474. The van der Waals surface area contributed by atoms with Crippen LogP contribution in [0, 0.1) is 5.92 Å². The Morgan fingerprint density at radius 1 is 1.11 bits per heavy atom. The number of ether oxygens (including phenoxy) is 1. The molecule has 8 heteroatoms. The Kier molecular flexibility index (Phi) is 4.65. The van der Waals surface area contributed by atoms with Crippen LogP contribution in [-0.4, -0.2) is 54.3 Å². The third-order valence-electron chi connectivity index (χ3n) is 5.30. The van der Waals surface area contributed by atoms with E-state index in [0.717, 1.165) is 30.8 Å². The third-order valence-corrected chi connectivity index (χ3v) is 5.30. The number of benzene rings is 1. The lowest BCUT2D eigenvalue weighted by Crippen LogP contribution is -2.54. The van der Waals surface area contributed by atoms with E-state index in [2.05, 4.69) is 10.6 Å². The number of amides is 4. The van der Waals surface area contributed by atoms with Crippen molar-refractivity contribution < 1.29 is 23.9 Å². The van der Waals surface area contributed by atoms with Crippen LogP contribution < -0.4 is 15.4 Å². The predicted octanol–water partition coefficient (Wildman–Crippen LogP) is 0.466. The molecular formula is C19H21N3O5. The van der Waals surface area contributed by atoms with Crippen molar-refractivity contribution in [1.82, 2.24) is 15.5 Å². The molecule has 1 unspecified atom stereocenters. The summed E-state index contributed by atoms with van der Waals surface area (Å²) in [5.41, 5.74) is 0.444. The average Bonchev–Trinajstić information content (AvgIpc) is 2.93. The van der Waals surface area contributed by atoms with Gasteiger partial charge in [0.1, 0.15) is 11.8 Å². The molecule has 0 bridgehead atoms. The summed E-state index contributed by atoms with van der Waals surface area (Å²) in [6, 6.07) is 3.95. The Hall–Kier alpha value is -2.74. The van der Waals surface area contributed by atoms with Gasteiger partial charge in [-0.1, -0.05) is 6.07 Å². The SMILES string of the molecule is O=C1CCC(N2C(=O)c3cccc(OC[C@H]4CCCNC4)c3C2=O)C(=O)N1. The van der Waals surface area contributed by atoms with Crippen LogP contribution in [0.4, 0.5) is 0 Å². The minimum Gasteiger partial charge on any atom is -0.492 e. The molecule has 2 saturated heterocycles. The molecular weight excluding hydrogens is 350 g/mol. The second-order valence-corrected chi connectivity index (χ2v) is 7.15. The second-order valence-electron chi connectivity index (χ2n) is 7.15. The van der Waals surface area contributed by atoms with Gasteiger partial charge in [-0.25, -0.2) is 0 Å². The van der Waals surface area contributed by atoms with Crippen LogP contribution in [-0.2, 0) is 9.59 Å². The zero-order valence-corrected chi connectivity index (χ0v) is 14.8. The summed E-state index contributed by atoms with van der Waals surface area (Å²) >= 11 is 0. The molecule has 0 saturated carbocycles. The van der Waals surface area contributed by atoms with E-state index < -0.39 is 29.7 Å². The molecule has 0 spiro atoms. The number of nitrogens with one attached hydrogen (secondary N) is 2. The van der Waals surface area contributed by atoms with Gasteiger partial charge in [0, 0.05) is 18.9 Å². The maximum Gasteiger partial charge on any atom is 0.266 e. The van der Waals surface area contributed by atoms with Crippen LogP contribution in [0.2, 0.25) is 0 Å². The molecule has 27 heavy (non-hydrogen) atoms. The first-order valence-electron chi connectivity index (χ1n) is 9.24. The lowest BCUT2D eigenvalue weighted by molar-refractivity contribution is -0.136. The van der Waals surface area contributed by atoms with Gasteiger partial charge in [-0.05, 0) is 37.9 Å². The fourth-order valence-corrected chi connectivity index (χ4v) is 3.88. The zero-order chi connectivity index (χ0) is 19.0. The highest BCUT2D eigenvalue weighted by molar-refractivity contribution is 6.24. The van der Waals surface area contributed by atoms with Crippen molar-refractivity contribution in [2.75, 3.05) is 19.7 Å². The number of fused-ring (bicyclic) bond motifs is 1. The monoisotopic (exact) mass is 371 g/mol. The molecule has 2 fully saturated rings. The molecule has 1 aromatic carbocycles. The summed E-state index contributed by atoms with van der Waals surface area (Å²) < 4.78 is 5.89. The van der Waals surface area contributed by atoms with E-state index in [4.69, 9.17) is 4.74 Å². The van der Waals surface area contributed by atoms with Gasteiger partial charge in [0.2, 0.25) is 11.8 Å². The van der Waals surface area contributed by atoms with E-state index in [0.29, 0.717) is 18.3 Å². The summed E-state index contributed by atoms with van der Waals surface area (Å²) in [7, 11) is 0. The quantitative estimate of drug-likeness (QED) is 0.746. The summed E-state index contributed by atoms with van der Waals surface area (Å²) in [6.45, 7) is 2.33. The van der Waals surface area contributed by atoms with Crippen LogP contribution in [0.3, 0.4) is 0 Å². The molecule has 4 amide bonds. The number of piperidine rings is 2. The molecule has 3 aliphatic heterocycles. The van der Waals surface area contributed by atoms with Crippen molar-refractivity contribution in [2.45, 2.75) is 31.7 Å². The highest BCUT2D eigenvalue weighted by Crippen LogP contribution is 2.34. The molecule has 4 rings (SSSR count). The zero-order valence-electron chi connectivity index (χ0n) is 14.8. The first kappa shape index (κ1) is 17.7. The Labute approximate surface area is 156 Å². The van der Waals surface area contributed by atoms with Crippen molar-refractivity contribution >= 4 is 23.6 Å². The summed E-state index contributed by atoms with van der Waals surface area (Å²) in [6.07, 6.45) is 2.38. The van der Waals surface area contributed by atoms with Crippen LogP contribution in [0.5, 0.6) is 5.75 Å². The minimum absolute atomic E-state index is 0.0991. The number of nitrogens with zero attached hydrogens (tertiary/aromatic N) is 1. The molecule has 0 aliphatic carbocycles. The van der Waals surface area contributed by atoms with Gasteiger partial charge in [-0.2, -0.15) is 0 Å². The van der Waals surface area contributed by atoms with E-state index >= 15 is 0 Å². The molecule has 2 N–H and O–H groups in total. The van der Waals surface area contributed by atoms with E-state index in [1.807, 2.05) is 0 Å². The lowest BCUT2D eigenvalue weighted by Gasteiger charge is -2.27. The summed E-state index contributed by atoms with van der Waals surface area (Å²) in [4.78, 5) is 50.2. The minimum atomic E-state index is -0.967. The van der Waals surface area contributed by atoms with E-state index in [1.54, 1.807) is 18.2 Å². The van der Waals surface area contributed by atoms with Gasteiger partial charge in [-0.15, -0.1) is 0 Å². The first-order chi connectivity index (χ1) is 13.1. The largest absolute Gasteiger partial charge is 0.492 e. The Balaban J connectivity index is 1.55. The van der Waals surface area contributed by atoms with Crippen LogP contribution in [0.1, 0.15) is 46.4 Å². The normalized spacial score (nSPS) is 25.4. The summed E-state index contributed by atoms with van der Waals surface area (Å²) in [5, 5.41) is 5.51. The second kappa shape index (κ2) is 7.11. The molecule has 0 aromatic heterocycles. The molecule has 8 nitrogen and oxygen atoms in total. The fourth-order valence-electron chi connectivity index (χ4n) is 3.88. The van der Waals surface area contributed by atoms with Crippen molar-refractivity contribution in [3.05, 3.63) is 29.3 Å². The first-order valence-corrected chi connectivity index (χ1v) is 9.24. The van der Waals surface area contributed by atoms with Gasteiger partial charge in [0.15, 0.2) is 0 Å². The van der Waals surface area contributed by atoms with Crippen molar-refractivity contribution in [3.8, 4) is 5.75 Å². The lowest BCUT2D eigenvalue weighted by atomic mass is 10.0. The van der Waals surface area contributed by atoms with Crippen LogP contribution in [0.15, 0.2) is 18.2 Å². The standard InChI is InChI=1S/C19H21N3O5/c23-15-7-6-13(17(24)21-15)22-18(25)12-4-1-5-14(16(12)19(22)26)27-10-11-3-2-8-20-9-11/h1,4-5,11,13,20H,2-3,6-10H2,(H,21,23,24)/t11-,13?/m0/s1. The average molecular weight is 371 g/mol. The highest BCUT2D eigenvalue weighted by atomic mass is 16.5. The highest BCUT2D eigenvalue weighted by Gasteiger charge is 2.46. The topological polar surface area (TPSA) is 105 Å². The van der Waals surface area contributed by atoms with Crippen LogP contribution in [0.25, 0.3) is 0 Å². The van der Waals surface area contributed by atoms with Gasteiger partial charge < -0.3 is 10.1 Å². The molecule has 2 atom stereocenters. The van der Waals surface area contributed by atoms with E-state index in [9.17, 15) is 19.2 Å². The van der Waals surface area contributed by atoms with E-state index in [-0.39, 0.29) is 24.0 Å². The molecule has 3 aliphatic rings. The number of carbonyl (C=O) groups excluding carboxylic acids is 4.